The summed E-state index contributed by atoms with van der Waals surface area (Å²) in [5, 5.41) is 0. The van der Waals surface area contributed by atoms with Gasteiger partial charge in [0.05, 0.1) is 6.10 Å². The van der Waals surface area contributed by atoms with Crippen molar-refractivity contribution in [2.75, 3.05) is 6.61 Å². The van der Waals surface area contributed by atoms with Crippen LogP contribution in [0.2, 0.25) is 0 Å². The van der Waals surface area contributed by atoms with E-state index in [1.165, 1.54) is 12.1 Å². The summed E-state index contributed by atoms with van der Waals surface area (Å²) < 4.78 is 18.4. The average molecular weight is 237 g/mol. The predicted molar refractivity (Wildman–Crippen MR) is 66.2 cm³/mol. The van der Waals surface area contributed by atoms with E-state index in [0.717, 1.165) is 31.4 Å². The van der Waals surface area contributed by atoms with Crippen LogP contribution in [0, 0.1) is 11.7 Å². The Labute approximate surface area is 102 Å². The number of rotatable bonds is 4. The largest absolute Gasteiger partial charge is 0.378 e. The second kappa shape index (κ2) is 5.61. The highest BCUT2D eigenvalue weighted by Gasteiger charge is 2.31. The van der Waals surface area contributed by atoms with Gasteiger partial charge in [0.2, 0.25) is 0 Å². The van der Waals surface area contributed by atoms with E-state index in [2.05, 4.69) is 6.92 Å². The van der Waals surface area contributed by atoms with Crippen molar-refractivity contribution >= 4 is 0 Å². The van der Waals surface area contributed by atoms with Gasteiger partial charge in [-0.3, -0.25) is 0 Å². The van der Waals surface area contributed by atoms with Crippen molar-refractivity contribution < 1.29 is 9.13 Å². The van der Waals surface area contributed by atoms with Crippen molar-refractivity contribution in [3.63, 3.8) is 0 Å². The molecule has 94 valence electrons. The second-order valence-electron chi connectivity index (χ2n) is 4.76. The molecule has 0 aromatic heterocycles. The van der Waals surface area contributed by atoms with Gasteiger partial charge in [0.25, 0.3) is 0 Å². The maximum atomic E-state index is 12.8. The third-order valence-corrected chi connectivity index (χ3v) is 3.60. The van der Waals surface area contributed by atoms with Crippen LogP contribution < -0.4 is 5.73 Å². The molecule has 0 saturated carbocycles. The maximum absolute atomic E-state index is 12.8. The number of halogens is 1. The van der Waals surface area contributed by atoms with Crippen molar-refractivity contribution in [2.45, 2.75) is 38.3 Å². The van der Waals surface area contributed by atoms with Gasteiger partial charge in [-0.25, -0.2) is 4.39 Å². The zero-order valence-electron chi connectivity index (χ0n) is 10.2. The summed E-state index contributed by atoms with van der Waals surface area (Å²) in [5.41, 5.74) is 7.34. The zero-order chi connectivity index (χ0) is 12.3. The number of hydrogen-bond acceptors (Lipinski definition) is 2. The van der Waals surface area contributed by atoms with Gasteiger partial charge in [-0.15, -0.1) is 0 Å². The Balaban J connectivity index is 1.96. The van der Waals surface area contributed by atoms with E-state index in [1.54, 1.807) is 0 Å². The van der Waals surface area contributed by atoms with Crippen molar-refractivity contribution in [1.29, 1.82) is 0 Å². The molecule has 0 aliphatic carbocycles. The van der Waals surface area contributed by atoms with Gasteiger partial charge >= 0.3 is 0 Å². The Hall–Kier alpha value is -0.930. The molecule has 2 nitrogen and oxygen atoms in total. The van der Waals surface area contributed by atoms with Gasteiger partial charge in [-0.2, -0.15) is 0 Å². The summed E-state index contributed by atoms with van der Waals surface area (Å²) in [6.07, 6.45) is 3.15. The van der Waals surface area contributed by atoms with Crippen LogP contribution in [0.15, 0.2) is 24.3 Å². The van der Waals surface area contributed by atoms with Gasteiger partial charge in [-0.05, 0) is 37.0 Å². The first-order chi connectivity index (χ1) is 8.20. The molecule has 2 rings (SSSR count). The number of hydrogen-bond donors (Lipinski definition) is 1. The monoisotopic (exact) mass is 237 g/mol. The summed E-state index contributed by atoms with van der Waals surface area (Å²) in [7, 11) is 0. The van der Waals surface area contributed by atoms with Gasteiger partial charge in [0.15, 0.2) is 0 Å². The standard InChI is InChI=1S/C14H20FNO/c1-2-14-12(7-8-17-14)13(16)9-10-3-5-11(15)6-4-10/h3-6,12-14H,2,7-9,16H2,1H3. The maximum Gasteiger partial charge on any atom is 0.123 e. The molecule has 17 heavy (non-hydrogen) atoms. The molecule has 0 amide bonds. The van der Waals surface area contributed by atoms with E-state index in [9.17, 15) is 4.39 Å². The molecule has 2 N–H and O–H groups in total. The Morgan fingerprint density at radius 2 is 2.12 bits per heavy atom. The smallest absolute Gasteiger partial charge is 0.123 e. The van der Waals surface area contributed by atoms with E-state index < -0.39 is 0 Å². The molecule has 1 saturated heterocycles. The quantitative estimate of drug-likeness (QED) is 0.873. The van der Waals surface area contributed by atoms with Gasteiger partial charge in [0, 0.05) is 18.6 Å². The van der Waals surface area contributed by atoms with Crippen LogP contribution in [0.25, 0.3) is 0 Å². The van der Waals surface area contributed by atoms with E-state index >= 15 is 0 Å². The van der Waals surface area contributed by atoms with E-state index in [1.807, 2.05) is 12.1 Å². The van der Waals surface area contributed by atoms with Gasteiger partial charge in [-0.1, -0.05) is 19.1 Å². The van der Waals surface area contributed by atoms with Crippen LogP contribution in [0.4, 0.5) is 4.39 Å². The first kappa shape index (κ1) is 12.5. The first-order valence-electron chi connectivity index (χ1n) is 6.32. The van der Waals surface area contributed by atoms with Crippen LogP contribution in [-0.4, -0.2) is 18.8 Å². The van der Waals surface area contributed by atoms with Crippen molar-refractivity contribution in [3.8, 4) is 0 Å². The van der Waals surface area contributed by atoms with Crippen LogP contribution in [0.1, 0.15) is 25.3 Å². The molecule has 1 heterocycles. The molecule has 1 aliphatic rings. The van der Waals surface area contributed by atoms with E-state index in [0.29, 0.717) is 12.0 Å². The van der Waals surface area contributed by atoms with Crippen LogP contribution >= 0.6 is 0 Å². The Morgan fingerprint density at radius 3 is 2.76 bits per heavy atom. The Kier molecular flexibility index (Phi) is 4.13. The Morgan fingerprint density at radius 1 is 1.41 bits per heavy atom. The molecular formula is C14H20FNO. The van der Waals surface area contributed by atoms with E-state index in [-0.39, 0.29) is 11.9 Å². The molecule has 1 aromatic carbocycles. The third kappa shape index (κ3) is 3.05. The SMILES string of the molecule is CCC1OCCC1C(N)Cc1ccc(F)cc1. The highest BCUT2D eigenvalue weighted by molar-refractivity contribution is 5.17. The fourth-order valence-electron chi connectivity index (χ4n) is 2.62. The molecule has 0 spiro atoms. The minimum absolute atomic E-state index is 0.105. The normalized spacial score (nSPS) is 26.1. The molecular weight excluding hydrogens is 217 g/mol. The lowest BCUT2D eigenvalue weighted by Crippen LogP contribution is -2.36. The van der Waals surface area contributed by atoms with Gasteiger partial charge in [0.1, 0.15) is 5.82 Å². The molecule has 3 atom stereocenters. The van der Waals surface area contributed by atoms with Crippen molar-refractivity contribution in [2.24, 2.45) is 11.7 Å². The zero-order valence-corrected chi connectivity index (χ0v) is 10.2. The molecule has 1 aromatic rings. The topological polar surface area (TPSA) is 35.2 Å². The summed E-state index contributed by atoms with van der Waals surface area (Å²) in [5.74, 6) is 0.239. The minimum Gasteiger partial charge on any atom is -0.378 e. The summed E-state index contributed by atoms with van der Waals surface area (Å²) >= 11 is 0. The molecule has 0 radical (unpaired) electrons. The number of nitrogens with two attached hydrogens (primary N) is 1. The second-order valence-corrected chi connectivity index (χ2v) is 4.76. The van der Waals surface area contributed by atoms with Crippen LogP contribution in [-0.2, 0) is 11.2 Å². The predicted octanol–water partition coefficient (Wildman–Crippen LogP) is 2.51. The number of benzene rings is 1. The third-order valence-electron chi connectivity index (χ3n) is 3.60. The van der Waals surface area contributed by atoms with Gasteiger partial charge < -0.3 is 10.5 Å². The average Bonchev–Trinajstić information content (AvgIpc) is 2.80. The first-order valence-corrected chi connectivity index (χ1v) is 6.32. The molecule has 1 fully saturated rings. The fourth-order valence-corrected chi connectivity index (χ4v) is 2.62. The highest BCUT2D eigenvalue weighted by atomic mass is 19.1. The lowest BCUT2D eigenvalue weighted by Gasteiger charge is -2.23. The number of ether oxygens (including phenoxy) is 1. The lowest BCUT2D eigenvalue weighted by atomic mass is 9.88. The highest BCUT2D eigenvalue weighted by Crippen LogP contribution is 2.27. The molecule has 0 bridgehead atoms. The fraction of sp³-hybridized carbons (Fsp3) is 0.571. The summed E-state index contributed by atoms with van der Waals surface area (Å²) in [6, 6.07) is 6.71. The van der Waals surface area contributed by atoms with Crippen LogP contribution in [0.5, 0.6) is 0 Å². The Bertz CT molecular complexity index is 352. The van der Waals surface area contributed by atoms with Crippen molar-refractivity contribution in [3.05, 3.63) is 35.6 Å². The lowest BCUT2D eigenvalue weighted by molar-refractivity contribution is 0.0814. The molecule has 3 heteroatoms. The molecule has 1 aliphatic heterocycles. The van der Waals surface area contributed by atoms with E-state index in [4.69, 9.17) is 10.5 Å². The molecule has 3 unspecified atom stereocenters. The van der Waals surface area contributed by atoms with Crippen LogP contribution in [0.3, 0.4) is 0 Å². The summed E-state index contributed by atoms with van der Waals surface area (Å²) in [6.45, 7) is 2.95. The van der Waals surface area contributed by atoms with Crippen molar-refractivity contribution in [1.82, 2.24) is 0 Å². The summed E-state index contributed by atoms with van der Waals surface area (Å²) in [4.78, 5) is 0. The minimum atomic E-state index is -0.196.